The number of benzene rings is 2. The van der Waals surface area contributed by atoms with Crippen molar-refractivity contribution in [1.82, 2.24) is 14.7 Å². The molecular weight excluding hydrogens is 400 g/mol. The number of amides is 1. The first kappa shape index (κ1) is 20.9. The molecule has 1 fully saturated rings. The minimum absolute atomic E-state index is 0.112. The summed E-state index contributed by atoms with van der Waals surface area (Å²) >= 11 is 0. The molecule has 0 aliphatic heterocycles. The Balaban J connectivity index is 1.60. The highest BCUT2D eigenvalue weighted by molar-refractivity contribution is 5.92. The summed E-state index contributed by atoms with van der Waals surface area (Å²) in [5.74, 6) is -0.957. The van der Waals surface area contributed by atoms with Crippen molar-refractivity contribution in [2.75, 3.05) is 6.54 Å². The maximum absolute atomic E-state index is 13.4. The number of aromatic nitrogens is 2. The molecule has 0 N–H and O–H groups in total. The summed E-state index contributed by atoms with van der Waals surface area (Å²) in [6.45, 7) is 0.479. The largest absolute Gasteiger partial charge is 0.334 e. The van der Waals surface area contributed by atoms with Crippen LogP contribution in [0.2, 0.25) is 0 Å². The molecule has 1 saturated carbocycles. The van der Waals surface area contributed by atoms with E-state index in [9.17, 15) is 18.4 Å². The first-order chi connectivity index (χ1) is 15.0. The van der Waals surface area contributed by atoms with Gasteiger partial charge in [0.2, 0.25) is 0 Å². The Hall–Kier alpha value is -3.35. The molecule has 0 atom stereocenters. The Kier molecular flexibility index (Phi) is 6.21. The van der Waals surface area contributed by atoms with Crippen molar-refractivity contribution in [3.8, 4) is 5.69 Å². The van der Waals surface area contributed by atoms with Crippen LogP contribution in [-0.2, 0) is 6.42 Å². The van der Waals surface area contributed by atoms with E-state index in [2.05, 4.69) is 5.10 Å². The molecule has 160 valence electrons. The second-order valence-corrected chi connectivity index (χ2v) is 7.76. The Bertz CT molecular complexity index is 1100. The van der Waals surface area contributed by atoms with Gasteiger partial charge in [0.15, 0.2) is 0 Å². The van der Waals surface area contributed by atoms with Gasteiger partial charge in [-0.05, 0) is 67.3 Å². The fourth-order valence-electron chi connectivity index (χ4n) is 4.01. The maximum Gasteiger partial charge on any atom is 0.274 e. The Morgan fingerprint density at radius 2 is 1.55 bits per heavy atom. The van der Waals surface area contributed by atoms with Crippen molar-refractivity contribution >= 4 is 5.91 Å². The summed E-state index contributed by atoms with van der Waals surface area (Å²) in [7, 11) is 0. The van der Waals surface area contributed by atoms with Crippen molar-refractivity contribution in [3.63, 3.8) is 0 Å². The normalized spacial score (nSPS) is 14.0. The van der Waals surface area contributed by atoms with Gasteiger partial charge in [0.25, 0.3) is 11.5 Å². The zero-order valence-electron chi connectivity index (χ0n) is 17.0. The Labute approximate surface area is 178 Å². The molecule has 1 amide bonds. The van der Waals surface area contributed by atoms with E-state index in [4.69, 9.17) is 0 Å². The Morgan fingerprint density at radius 3 is 2.19 bits per heavy atom. The second-order valence-electron chi connectivity index (χ2n) is 7.76. The van der Waals surface area contributed by atoms with Crippen molar-refractivity contribution in [3.05, 3.63) is 93.9 Å². The molecule has 0 radical (unpaired) electrons. The molecular formula is C24H23F2N3O2. The number of carbonyl (C=O) groups excluding carboxylic acids is 1. The van der Waals surface area contributed by atoms with Crippen LogP contribution in [0.15, 0.2) is 65.5 Å². The predicted molar refractivity (Wildman–Crippen MR) is 113 cm³/mol. The van der Waals surface area contributed by atoms with Crippen molar-refractivity contribution < 1.29 is 13.6 Å². The lowest BCUT2D eigenvalue weighted by atomic mass is 10.1. The SMILES string of the molecule is O=C(c1ccc(=O)n(-c2ccc(F)cc2)n1)N(CCc1ccc(F)cc1)C1CCCC1. The van der Waals surface area contributed by atoms with Crippen LogP contribution in [0.5, 0.6) is 0 Å². The summed E-state index contributed by atoms with van der Waals surface area (Å²) in [4.78, 5) is 27.5. The molecule has 31 heavy (non-hydrogen) atoms. The van der Waals surface area contributed by atoms with Crippen molar-refractivity contribution in [1.29, 1.82) is 0 Å². The number of carbonyl (C=O) groups is 1. The molecule has 7 heteroatoms. The highest BCUT2D eigenvalue weighted by atomic mass is 19.1. The number of halogens is 2. The predicted octanol–water partition coefficient (Wildman–Crippen LogP) is 4.14. The molecule has 0 bridgehead atoms. The first-order valence-electron chi connectivity index (χ1n) is 10.4. The molecule has 1 aliphatic carbocycles. The van der Waals surface area contributed by atoms with Gasteiger partial charge in [0, 0.05) is 18.7 Å². The summed E-state index contributed by atoms with van der Waals surface area (Å²) in [5.41, 5.74) is 1.10. The van der Waals surface area contributed by atoms with Crippen LogP contribution in [0.25, 0.3) is 5.69 Å². The summed E-state index contributed by atoms with van der Waals surface area (Å²) in [6.07, 6.45) is 4.57. The summed E-state index contributed by atoms with van der Waals surface area (Å²) < 4.78 is 27.5. The summed E-state index contributed by atoms with van der Waals surface area (Å²) in [5, 5.41) is 4.27. The third-order valence-electron chi connectivity index (χ3n) is 5.67. The second kappa shape index (κ2) is 9.20. The van der Waals surface area contributed by atoms with Gasteiger partial charge in [0.1, 0.15) is 17.3 Å². The van der Waals surface area contributed by atoms with Crippen LogP contribution in [0, 0.1) is 11.6 Å². The minimum atomic E-state index is -0.419. The first-order valence-corrected chi connectivity index (χ1v) is 10.4. The molecule has 4 rings (SSSR count). The number of nitrogens with zero attached hydrogens (tertiary/aromatic N) is 3. The van der Waals surface area contributed by atoms with E-state index < -0.39 is 11.4 Å². The Morgan fingerprint density at radius 1 is 0.935 bits per heavy atom. The number of hydrogen-bond donors (Lipinski definition) is 0. The highest BCUT2D eigenvalue weighted by Gasteiger charge is 2.28. The third-order valence-corrected chi connectivity index (χ3v) is 5.67. The zero-order valence-corrected chi connectivity index (χ0v) is 17.0. The fraction of sp³-hybridized carbons (Fsp3) is 0.292. The van der Waals surface area contributed by atoms with Gasteiger partial charge in [-0.2, -0.15) is 9.78 Å². The molecule has 0 saturated heterocycles. The lowest BCUT2D eigenvalue weighted by Crippen LogP contribution is -2.41. The monoisotopic (exact) mass is 423 g/mol. The number of rotatable bonds is 6. The van der Waals surface area contributed by atoms with Gasteiger partial charge in [-0.1, -0.05) is 25.0 Å². The molecule has 0 spiro atoms. The zero-order chi connectivity index (χ0) is 21.8. The molecule has 2 aromatic carbocycles. The standard InChI is InChI=1S/C24H23F2N3O2/c25-18-7-5-17(6-8-18)15-16-28(20-3-1-2-4-20)24(31)22-13-14-23(30)29(27-22)21-11-9-19(26)10-12-21/h5-14,20H,1-4,15-16H2. The van der Waals surface area contributed by atoms with Crippen LogP contribution in [-0.4, -0.2) is 33.2 Å². The lowest BCUT2D eigenvalue weighted by Gasteiger charge is -2.29. The molecule has 1 aromatic heterocycles. The molecule has 5 nitrogen and oxygen atoms in total. The topological polar surface area (TPSA) is 55.2 Å². The molecule has 3 aromatic rings. The van der Waals surface area contributed by atoms with Crippen molar-refractivity contribution in [2.45, 2.75) is 38.1 Å². The van der Waals surface area contributed by atoms with Crippen molar-refractivity contribution in [2.24, 2.45) is 0 Å². The van der Waals surface area contributed by atoms with E-state index in [0.29, 0.717) is 18.7 Å². The van der Waals surface area contributed by atoms with E-state index in [1.807, 2.05) is 4.90 Å². The van der Waals surface area contributed by atoms with Gasteiger partial charge in [-0.25, -0.2) is 8.78 Å². The third kappa shape index (κ3) is 4.87. The van der Waals surface area contributed by atoms with Gasteiger partial charge >= 0.3 is 0 Å². The average molecular weight is 423 g/mol. The van der Waals surface area contributed by atoms with Gasteiger partial charge in [-0.15, -0.1) is 0 Å². The maximum atomic E-state index is 13.4. The fourth-order valence-corrected chi connectivity index (χ4v) is 4.01. The highest BCUT2D eigenvalue weighted by Crippen LogP contribution is 2.25. The lowest BCUT2D eigenvalue weighted by molar-refractivity contribution is 0.0675. The van der Waals surface area contributed by atoms with Crippen LogP contribution in [0.3, 0.4) is 0 Å². The van der Waals surface area contributed by atoms with Gasteiger partial charge in [0.05, 0.1) is 5.69 Å². The molecule has 1 heterocycles. The molecule has 1 aliphatic rings. The number of hydrogen-bond acceptors (Lipinski definition) is 3. The van der Waals surface area contributed by atoms with E-state index in [1.54, 1.807) is 12.1 Å². The van der Waals surface area contributed by atoms with Crippen LogP contribution in [0.1, 0.15) is 41.7 Å². The van der Waals surface area contributed by atoms with Crippen LogP contribution in [0.4, 0.5) is 8.78 Å². The van der Waals surface area contributed by atoms with Crippen LogP contribution < -0.4 is 5.56 Å². The molecule has 0 unspecified atom stereocenters. The van der Waals surface area contributed by atoms with E-state index in [0.717, 1.165) is 35.9 Å². The van der Waals surface area contributed by atoms with Gasteiger partial charge < -0.3 is 4.90 Å². The van der Waals surface area contributed by atoms with Gasteiger partial charge in [-0.3, -0.25) is 9.59 Å². The van der Waals surface area contributed by atoms with E-state index in [-0.39, 0.29) is 23.5 Å². The average Bonchev–Trinajstić information content (AvgIpc) is 3.31. The minimum Gasteiger partial charge on any atom is -0.334 e. The quantitative estimate of drug-likeness (QED) is 0.599. The van der Waals surface area contributed by atoms with E-state index in [1.165, 1.54) is 48.5 Å². The van der Waals surface area contributed by atoms with Crippen LogP contribution >= 0.6 is 0 Å². The summed E-state index contributed by atoms with van der Waals surface area (Å²) in [6, 6.07) is 14.5. The smallest absolute Gasteiger partial charge is 0.274 e. The van der Waals surface area contributed by atoms with E-state index >= 15 is 0 Å².